The Hall–Kier alpha value is 0.230. The summed E-state index contributed by atoms with van der Waals surface area (Å²) in [5, 5.41) is 0. The van der Waals surface area contributed by atoms with E-state index in [0.29, 0.717) is 12.1 Å². The quantitative estimate of drug-likeness (QED) is 0.481. The fourth-order valence-corrected chi connectivity index (χ4v) is 2.17. The fraction of sp³-hybridized carbons (Fsp3) is 1.00. The van der Waals surface area contributed by atoms with Crippen molar-refractivity contribution in [1.82, 2.24) is 5.43 Å². The van der Waals surface area contributed by atoms with Crippen molar-refractivity contribution in [3.05, 3.63) is 0 Å². The first-order chi connectivity index (χ1) is 5.38. The van der Waals surface area contributed by atoms with Crippen molar-refractivity contribution >= 4 is 11.8 Å². The van der Waals surface area contributed by atoms with Crippen molar-refractivity contribution in [2.45, 2.75) is 25.5 Å². The third kappa shape index (κ3) is 2.63. The maximum atomic E-state index is 5.56. The van der Waals surface area contributed by atoms with Gasteiger partial charge in [0, 0.05) is 17.5 Å². The Kier molecular flexibility index (Phi) is 4.22. The molecule has 1 rings (SSSR count). The molecule has 0 radical (unpaired) electrons. The maximum absolute atomic E-state index is 5.56. The van der Waals surface area contributed by atoms with Gasteiger partial charge in [0.2, 0.25) is 0 Å². The van der Waals surface area contributed by atoms with Gasteiger partial charge >= 0.3 is 0 Å². The van der Waals surface area contributed by atoms with E-state index in [1.807, 2.05) is 11.8 Å². The van der Waals surface area contributed by atoms with E-state index in [9.17, 15) is 0 Å². The number of rotatable bonds is 3. The molecule has 1 aliphatic rings. The highest BCUT2D eigenvalue weighted by molar-refractivity contribution is 7.99. The van der Waals surface area contributed by atoms with Gasteiger partial charge < -0.3 is 4.74 Å². The predicted molar refractivity (Wildman–Crippen MR) is 48.5 cm³/mol. The van der Waals surface area contributed by atoms with Gasteiger partial charge in [0.25, 0.3) is 0 Å². The maximum Gasteiger partial charge on any atom is 0.0831 e. The highest BCUT2D eigenvalue weighted by Gasteiger charge is 2.21. The van der Waals surface area contributed by atoms with Crippen LogP contribution in [0.15, 0.2) is 0 Å². The van der Waals surface area contributed by atoms with E-state index in [-0.39, 0.29) is 0 Å². The molecule has 0 aromatic heterocycles. The van der Waals surface area contributed by atoms with Crippen molar-refractivity contribution in [3.8, 4) is 0 Å². The number of nitrogens with two attached hydrogens (primary N) is 1. The number of hydrazine groups is 1. The van der Waals surface area contributed by atoms with Gasteiger partial charge in [-0.25, -0.2) is 0 Å². The molecule has 2 unspecified atom stereocenters. The Balaban J connectivity index is 2.30. The molecule has 0 aromatic rings. The van der Waals surface area contributed by atoms with Gasteiger partial charge in [-0.2, -0.15) is 11.8 Å². The molecule has 3 nitrogen and oxygen atoms in total. The van der Waals surface area contributed by atoms with Crippen LogP contribution in [-0.4, -0.2) is 30.3 Å². The molecule has 0 bridgehead atoms. The van der Waals surface area contributed by atoms with Crippen LogP contribution in [0.5, 0.6) is 0 Å². The topological polar surface area (TPSA) is 47.3 Å². The van der Waals surface area contributed by atoms with Crippen LogP contribution in [0.2, 0.25) is 0 Å². The Morgan fingerprint density at radius 1 is 1.82 bits per heavy atom. The number of nitrogens with one attached hydrogen (secondary N) is 1. The summed E-state index contributed by atoms with van der Waals surface area (Å²) in [6.07, 6.45) is 1.34. The highest BCUT2D eigenvalue weighted by Crippen LogP contribution is 2.16. The van der Waals surface area contributed by atoms with Crippen LogP contribution in [0.3, 0.4) is 0 Å². The van der Waals surface area contributed by atoms with Crippen LogP contribution in [0.25, 0.3) is 0 Å². The van der Waals surface area contributed by atoms with Gasteiger partial charge in [-0.15, -0.1) is 0 Å². The first-order valence-electron chi connectivity index (χ1n) is 4.04. The van der Waals surface area contributed by atoms with Gasteiger partial charge in [0.05, 0.1) is 12.7 Å². The van der Waals surface area contributed by atoms with Crippen molar-refractivity contribution < 1.29 is 4.74 Å². The van der Waals surface area contributed by atoms with E-state index in [0.717, 1.165) is 24.5 Å². The molecular formula is C7H16N2OS. The molecule has 66 valence electrons. The van der Waals surface area contributed by atoms with Crippen LogP contribution in [-0.2, 0) is 4.74 Å². The van der Waals surface area contributed by atoms with E-state index >= 15 is 0 Å². The molecule has 1 aliphatic heterocycles. The lowest BCUT2D eigenvalue weighted by atomic mass is 10.1. The average Bonchev–Trinajstić information content (AvgIpc) is 2.09. The van der Waals surface area contributed by atoms with Crippen LogP contribution in [0, 0.1) is 0 Å². The molecule has 0 saturated carbocycles. The third-order valence-corrected chi connectivity index (χ3v) is 2.96. The smallest absolute Gasteiger partial charge is 0.0831 e. The molecule has 0 aromatic carbocycles. The van der Waals surface area contributed by atoms with Crippen molar-refractivity contribution in [3.63, 3.8) is 0 Å². The van der Waals surface area contributed by atoms with Gasteiger partial charge in [-0.3, -0.25) is 11.3 Å². The summed E-state index contributed by atoms with van der Waals surface area (Å²) in [6.45, 7) is 2.99. The third-order valence-electron chi connectivity index (χ3n) is 1.94. The lowest BCUT2D eigenvalue weighted by Crippen LogP contribution is -2.47. The summed E-state index contributed by atoms with van der Waals surface area (Å²) in [4.78, 5) is 0. The molecule has 1 heterocycles. The number of hydrogen-bond acceptors (Lipinski definition) is 4. The van der Waals surface area contributed by atoms with Gasteiger partial charge in [-0.1, -0.05) is 6.92 Å². The number of thioether (sulfide) groups is 1. The minimum Gasteiger partial charge on any atom is -0.375 e. The molecule has 0 amide bonds. The molecule has 0 aliphatic carbocycles. The molecular weight excluding hydrogens is 160 g/mol. The minimum atomic E-state index is 0.309. The van der Waals surface area contributed by atoms with E-state index in [1.54, 1.807) is 0 Å². The fourth-order valence-electron chi connectivity index (χ4n) is 1.23. The second-order valence-electron chi connectivity index (χ2n) is 2.67. The van der Waals surface area contributed by atoms with Crippen LogP contribution in [0.4, 0.5) is 0 Å². The van der Waals surface area contributed by atoms with Crippen LogP contribution < -0.4 is 11.3 Å². The van der Waals surface area contributed by atoms with E-state index < -0.39 is 0 Å². The van der Waals surface area contributed by atoms with Crippen molar-refractivity contribution in [2.24, 2.45) is 5.84 Å². The Labute approximate surface area is 72.0 Å². The number of ether oxygens (including phenoxy) is 1. The Morgan fingerprint density at radius 3 is 3.09 bits per heavy atom. The van der Waals surface area contributed by atoms with Gasteiger partial charge in [0.15, 0.2) is 0 Å². The molecule has 11 heavy (non-hydrogen) atoms. The standard InChI is InChI=1S/C7H16N2OS/c1-2-6(9-8)7-5-11-4-3-10-7/h6-7,9H,2-5,8H2,1H3. The summed E-state index contributed by atoms with van der Waals surface area (Å²) in [6, 6.07) is 0.322. The zero-order valence-electron chi connectivity index (χ0n) is 6.88. The molecule has 2 atom stereocenters. The van der Waals surface area contributed by atoms with E-state index in [2.05, 4.69) is 12.3 Å². The summed E-state index contributed by atoms with van der Waals surface area (Å²) in [7, 11) is 0. The first-order valence-corrected chi connectivity index (χ1v) is 5.19. The molecule has 4 heteroatoms. The second kappa shape index (κ2) is 4.98. The molecule has 1 fully saturated rings. The zero-order chi connectivity index (χ0) is 8.10. The van der Waals surface area contributed by atoms with Gasteiger partial charge in [0.1, 0.15) is 0 Å². The minimum absolute atomic E-state index is 0.309. The Bertz CT molecular complexity index is 103. The highest BCUT2D eigenvalue weighted by atomic mass is 32.2. The monoisotopic (exact) mass is 176 g/mol. The molecule has 3 N–H and O–H groups in total. The summed E-state index contributed by atoms with van der Waals surface area (Å²) < 4.78 is 5.56. The number of hydrogen-bond donors (Lipinski definition) is 2. The molecule has 1 saturated heterocycles. The lowest BCUT2D eigenvalue weighted by molar-refractivity contribution is 0.0461. The SMILES string of the molecule is CCC(NN)C1CSCCO1. The van der Waals surface area contributed by atoms with E-state index in [1.165, 1.54) is 0 Å². The summed E-state index contributed by atoms with van der Waals surface area (Å²) >= 11 is 1.94. The van der Waals surface area contributed by atoms with Crippen LogP contribution in [0.1, 0.15) is 13.3 Å². The normalized spacial score (nSPS) is 28.4. The van der Waals surface area contributed by atoms with E-state index in [4.69, 9.17) is 10.6 Å². The van der Waals surface area contributed by atoms with Crippen molar-refractivity contribution in [1.29, 1.82) is 0 Å². The second-order valence-corrected chi connectivity index (χ2v) is 3.82. The lowest BCUT2D eigenvalue weighted by Gasteiger charge is -2.28. The summed E-state index contributed by atoms with van der Waals surface area (Å²) in [5.74, 6) is 7.57. The first kappa shape index (κ1) is 9.32. The molecule has 0 spiro atoms. The zero-order valence-corrected chi connectivity index (χ0v) is 7.69. The largest absolute Gasteiger partial charge is 0.375 e. The Morgan fingerprint density at radius 2 is 2.64 bits per heavy atom. The predicted octanol–water partition coefficient (Wildman–Crippen LogP) is 0.360. The summed E-state index contributed by atoms with van der Waals surface area (Å²) in [5.41, 5.74) is 2.78. The van der Waals surface area contributed by atoms with Crippen molar-refractivity contribution in [2.75, 3.05) is 18.1 Å². The van der Waals surface area contributed by atoms with Crippen LogP contribution >= 0.6 is 11.8 Å². The average molecular weight is 176 g/mol. The van der Waals surface area contributed by atoms with Gasteiger partial charge in [-0.05, 0) is 6.42 Å².